The molecule has 3 rings (SSSR count). The Morgan fingerprint density at radius 1 is 1.29 bits per heavy atom. The van der Waals surface area contributed by atoms with E-state index in [0.717, 1.165) is 42.9 Å². The number of likely N-dealkylation sites (N-methyl/N-ethyl adjacent to an activating group) is 1. The summed E-state index contributed by atoms with van der Waals surface area (Å²) in [6.07, 6.45) is 4.24. The number of hydrogen-bond donors (Lipinski definition) is 1. The number of likely N-dealkylation sites (tertiary alicyclic amines) is 1. The van der Waals surface area contributed by atoms with Crippen LogP contribution in [0.25, 0.3) is 0 Å². The zero-order valence-electron chi connectivity index (χ0n) is 15.3. The molecule has 0 radical (unpaired) electrons. The van der Waals surface area contributed by atoms with Crippen LogP contribution in [0, 0.1) is 13.8 Å². The maximum atomic E-state index is 12.8. The van der Waals surface area contributed by atoms with E-state index >= 15 is 0 Å². The summed E-state index contributed by atoms with van der Waals surface area (Å²) in [4.78, 5) is 16.9. The van der Waals surface area contributed by atoms with E-state index in [1.807, 2.05) is 32.6 Å². The second-order valence-corrected chi connectivity index (χ2v) is 7.40. The smallest absolute Gasteiger partial charge is 0.227 e. The fraction of sp³-hybridized carbons (Fsp3) is 0.778. The van der Waals surface area contributed by atoms with Crippen LogP contribution in [0.2, 0.25) is 0 Å². The summed E-state index contributed by atoms with van der Waals surface area (Å²) in [7, 11) is 3.74. The number of aliphatic hydroxyl groups is 1. The summed E-state index contributed by atoms with van der Waals surface area (Å²) in [6.45, 7) is 6.11. The van der Waals surface area contributed by atoms with Crippen molar-refractivity contribution in [3.63, 3.8) is 0 Å². The predicted octanol–water partition coefficient (Wildman–Crippen LogP) is 1.03. The Labute approximate surface area is 144 Å². The number of carbonyl (C=O) groups excluding carboxylic acids is 1. The number of aryl methyl sites for hydroxylation is 2. The number of hydrogen-bond acceptors (Lipinski definition) is 4. The predicted molar refractivity (Wildman–Crippen MR) is 92.8 cm³/mol. The molecule has 2 fully saturated rings. The van der Waals surface area contributed by atoms with Gasteiger partial charge < -0.3 is 10.0 Å². The first-order valence-corrected chi connectivity index (χ1v) is 9.07. The monoisotopic (exact) mass is 334 g/mol. The Bertz CT molecular complexity index is 606. The molecule has 0 spiro atoms. The quantitative estimate of drug-likeness (QED) is 0.893. The summed E-state index contributed by atoms with van der Waals surface area (Å²) in [5.74, 6) is 0.0697. The Hall–Kier alpha value is -1.40. The van der Waals surface area contributed by atoms with E-state index in [9.17, 15) is 9.90 Å². The van der Waals surface area contributed by atoms with Gasteiger partial charge >= 0.3 is 0 Å². The fourth-order valence-electron chi connectivity index (χ4n) is 4.37. The summed E-state index contributed by atoms with van der Waals surface area (Å²) in [5, 5.41) is 15.1. The van der Waals surface area contributed by atoms with E-state index in [1.165, 1.54) is 12.8 Å². The lowest BCUT2D eigenvalue weighted by Gasteiger charge is -2.32. The van der Waals surface area contributed by atoms with Gasteiger partial charge in [0.15, 0.2) is 0 Å². The van der Waals surface area contributed by atoms with Gasteiger partial charge in [-0.15, -0.1) is 0 Å². The number of aliphatic hydroxyl groups excluding tert-OH is 1. The van der Waals surface area contributed by atoms with Crippen molar-refractivity contribution in [3.8, 4) is 0 Å². The van der Waals surface area contributed by atoms with E-state index in [4.69, 9.17) is 0 Å². The standard InChI is InChI=1S/C18H30N4O2/c1-12-14(13(2)21(4)19-12)11-17(23)20(3)15-7-8-16(18(15)24)22-9-5-6-10-22/h15-16,18,24H,5-11H2,1-4H3/t15-,16-,18-/m1/s1. The minimum atomic E-state index is -0.437. The third kappa shape index (κ3) is 3.09. The van der Waals surface area contributed by atoms with Crippen LogP contribution in [0.4, 0.5) is 0 Å². The molecule has 1 aliphatic heterocycles. The minimum absolute atomic E-state index is 0.0691. The van der Waals surface area contributed by atoms with Crippen molar-refractivity contribution in [1.29, 1.82) is 0 Å². The minimum Gasteiger partial charge on any atom is -0.389 e. The lowest BCUT2D eigenvalue weighted by molar-refractivity contribution is -0.133. The molecule has 134 valence electrons. The van der Waals surface area contributed by atoms with Gasteiger partial charge in [0.2, 0.25) is 5.91 Å². The van der Waals surface area contributed by atoms with Gasteiger partial charge in [-0.3, -0.25) is 14.4 Å². The molecule has 1 saturated heterocycles. The number of amides is 1. The Balaban J connectivity index is 1.65. The molecule has 24 heavy (non-hydrogen) atoms. The Morgan fingerprint density at radius 3 is 2.54 bits per heavy atom. The molecule has 1 aromatic rings. The Kier molecular flexibility index (Phi) is 4.97. The highest BCUT2D eigenvalue weighted by atomic mass is 16.3. The van der Waals surface area contributed by atoms with Crippen molar-refractivity contribution < 1.29 is 9.90 Å². The number of nitrogens with zero attached hydrogens (tertiary/aromatic N) is 4. The lowest BCUT2D eigenvalue weighted by atomic mass is 10.1. The maximum absolute atomic E-state index is 12.8. The van der Waals surface area contributed by atoms with Crippen LogP contribution in [0.5, 0.6) is 0 Å². The normalized spacial score (nSPS) is 27.8. The molecule has 1 aliphatic carbocycles. The van der Waals surface area contributed by atoms with E-state index < -0.39 is 6.10 Å². The van der Waals surface area contributed by atoms with Crippen LogP contribution in [-0.2, 0) is 18.3 Å². The molecule has 2 aliphatic rings. The molecule has 1 N–H and O–H groups in total. The van der Waals surface area contributed by atoms with Gasteiger partial charge in [-0.2, -0.15) is 5.10 Å². The zero-order valence-corrected chi connectivity index (χ0v) is 15.3. The third-order valence-electron chi connectivity index (χ3n) is 6.03. The molecule has 0 unspecified atom stereocenters. The molecule has 3 atom stereocenters. The summed E-state index contributed by atoms with van der Waals surface area (Å²) in [5.41, 5.74) is 2.97. The van der Waals surface area contributed by atoms with E-state index in [2.05, 4.69) is 10.00 Å². The number of carbonyl (C=O) groups is 1. The first kappa shape index (κ1) is 17.4. The highest BCUT2D eigenvalue weighted by Crippen LogP contribution is 2.30. The van der Waals surface area contributed by atoms with Crippen LogP contribution in [0.15, 0.2) is 0 Å². The van der Waals surface area contributed by atoms with Crippen molar-refractivity contribution in [2.75, 3.05) is 20.1 Å². The molecule has 1 amide bonds. The molecule has 1 saturated carbocycles. The average Bonchev–Trinajstić information content (AvgIpc) is 3.24. The molecule has 2 heterocycles. The number of rotatable bonds is 4. The van der Waals surface area contributed by atoms with Crippen molar-refractivity contribution >= 4 is 5.91 Å². The largest absolute Gasteiger partial charge is 0.389 e. The third-order valence-corrected chi connectivity index (χ3v) is 6.03. The molecule has 6 nitrogen and oxygen atoms in total. The highest BCUT2D eigenvalue weighted by molar-refractivity contribution is 5.79. The van der Waals surface area contributed by atoms with Crippen LogP contribution >= 0.6 is 0 Å². The van der Waals surface area contributed by atoms with Gasteiger partial charge in [0.25, 0.3) is 0 Å². The number of aromatic nitrogens is 2. The van der Waals surface area contributed by atoms with Crippen molar-refractivity contribution in [2.24, 2.45) is 7.05 Å². The topological polar surface area (TPSA) is 61.6 Å². The van der Waals surface area contributed by atoms with Gasteiger partial charge in [-0.25, -0.2) is 0 Å². The van der Waals surface area contributed by atoms with Crippen molar-refractivity contribution in [1.82, 2.24) is 19.6 Å². The Morgan fingerprint density at radius 2 is 1.96 bits per heavy atom. The first-order chi connectivity index (χ1) is 11.4. The van der Waals surface area contributed by atoms with E-state index in [-0.39, 0.29) is 18.0 Å². The van der Waals surface area contributed by atoms with E-state index in [0.29, 0.717) is 6.42 Å². The second-order valence-electron chi connectivity index (χ2n) is 7.40. The fourth-order valence-corrected chi connectivity index (χ4v) is 4.37. The van der Waals surface area contributed by atoms with Gasteiger partial charge in [-0.05, 0) is 52.6 Å². The summed E-state index contributed by atoms with van der Waals surface area (Å²) >= 11 is 0. The average molecular weight is 334 g/mol. The van der Waals surface area contributed by atoms with Gasteiger partial charge in [0.1, 0.15) is 0 Å². The SMILES string of the molecule is Cc1nn(C)c(C)c1CC(=O)N(C)[C@@H]1CC[C@@H](N2CCCC2)[C@@H]1O. The van der Waals surface area contributed by atoms with Gasteiger partial charge in [0.05, 0.1) is 24.3 Å². The first-order valence-electron chi connectivity index (χ1n) is 9.07. The van der Waals surface area contributed by atoms with Crippen LogP contribution in [0.1, 0.15) is 42.6 Å². The van der Waals surface area contributed by atoms with Crippen LogP contribution in [0.3, 0.4) is 0 Å². The molecule has 0 bridgehead atoms. The lowest BCUT2D eigenvalue weighted by Crippen LogP contribution is -2.48. The maximum Gasteiger partial charge on any atom is 0.227 e. The van der Waals surface area contributed by atoms with E-state index in [1.54, 1.807) is 4.90 Å². The molecular formula is C18H30N4O2. The van der Waals surface area contributed by atoms with Crippen LogP contribution in [-0.4, -0.2) is 68.9 Å². The summed E-state index contributed by atoms with van der Waals surface area (Å²) < 4.78 is 1.83. The van der Waals surface area contributed by atoms with Gasteiger partial charge in [0, 0.05) is 31.4 Å². The van der Waals surface area contributed by atoms with Gasteiger partial charge in [-0.1, -0.05) is 0 Å². The molecule has 1 aromatic heterocycles. The molecule has 6 heteroatoms. The van der Waals surface area contributed by atoms with Crippen molar-refractivity contribution in [3.05, 3.63) is 17.0 Å². The van der Waals surface area contributed by atoms with Crippen LogP contribution < -0.4 is 0 Å². The van der Waals surface area contributed by atoms with Crippen molar-refractivity contribution in [2.45, 2.75) is 64.1 Å². The highest BCUT2D eigenvalue weighted by Gasteiger charge is 2.41. The molecule has 0 aromatic carbocycles. The second kappa shape index (κ2) is 6.84. The zero-order chi connectivity index (χ0) is 17.4. The molecular weight excluding hydrogens is 304 g/mol. The summed E-state index contributed by atoms with van der Waals surface area (Å²) in [6, 6.07) is 0.148.